The molecule has 6 nitrogen and oxygen atoms in total. The van der Waals surface area contributed by atoms with Crippen molar-refractivity contribution in [2.75, 3.05) is 25.1 Å². The van der Waals surface area contributed by atoms with Crippen LogP contribution in [0.15, 0.2) is 18.2 Å². The molecule has 1 fully saturated rings. The standard InChI is InChI=1S/C11H14N2O4/c1-11(14)6-12(7-11)8-4-3-5-9(17-2)10(8)13(15)16/h3-5,14H,6-7H2,1-2H3. The van der Waals surface area contributed by atoms with E-state index in [-0.39, 0.29) is 11.4 Å². The number of aliphatic hydroxyl groups is 1. The van der Waals surface area contributed by atoms with Gasteiger partial charge in [-0.2, -0.15) is 0 Å². The van der Waals surface area contributed by atoms with E-state index < -0.39 is 10.5 Å². The van der Waals surface area contributed by atoms with Gasteiger partial charge in [-0.05, 0) is 19.1 Å². The third-order valence-electron chi connectivity index (χ3n) is 2.78. The van der Waals surface area contributed by atoms with E-state index in [0.29, 0.717) is 18.8 Å². The maximum Gasteiger partial charge on any atom is 0.333 e. The number of anilines is 1. The number of nitro groups is 1. The van der Waals surface area contributed by atoms with Crippen LogP contribution >= 0.6 is 0 Å². The average molecular weight is 238 g/mol. The first-order valence-corrected chi connectivity index (χ1v) is 5.23. The molecule has 1 aliphatic heterocycles. The lowest BCUT2D eigenvalue weighted by Crippen LogP contribution is -2.60. The van der Waals surface area contributed by atoms with E-state index in [9.17, 15) is 15.2 Å². The minimum Gasteiger partial charge on any atom is -0.490 e. The molecule has 1 aliphatic rings. The molecule has 1 aromatic rings. The maximum atomic E-state index is 11.0. The van der Waals surface area contributed by atoms with Gasteiger partial charge in [0, 0.05) is 13.1 Å². The number of nitrogens with zero attached hydrogens (tertiary/aromatic N) is 2. The van der Waals surface area contributed by atoms with Gasteiger partial charge in [-0.15, -0.1) is 0 Å². The quantitative estimate of drug-likeness (QED) is 0.632. The molecule has 2 rings (SSSR count). The lowest BCUT2D eigenvalue weighted by Gasteiger charge is -2.45. The van der Waals surface area contributed by atoms with E-state index in [2.05, 4.69) is 0 Å². The highest BCUT2D eigenvalue weighted by Crippen LogP contribution is 2.40. The summed E-state index contributed by atoms with van der Waals surface area (Å²) >= 11 is 0. The van der Waals surface area contributed by atoms with Crippen molar-refractivity contribution in [3.8, 4) is 5.75 Å². The normalized spacial score (nSPS) is 17.5. The lowest BCUT2D eigenvalue weighted by atomic mass is 9.96. The van der Waals surface area contributed by atoms with Crippen LogP contribution < -0.4 is 9.64 Å². The van der Waals surface area contributed by atoms with E-state index in [1.807, 2.05) is 0 Å². The van der Waals surface area contributed by atoms with Crippen molar-refractivity contribution >= 4 is 11.4 Å². The molecule has 17 heavy (non-hydrogen) atoms. The number of benzene rings is 1. The molecule has 1 aromatic carbocycles. The molecule has 0 bridgehead atoms. The van der Waals surface area contributed by atoms with Crippen LogP contribution in [-0.2, 0) is 0 Å². The Hall–Kier alpha value is -1.82. The molecule has 0 aliphatic carbocycles. The molecule has 1 saturated heterocycles. The Morgan fingerprint density at radius 2 is 2.18 bits per heavy atom. The molecule has 0 radical (unpaired) electrons. The highest BCUT2D eigenvalue weighted by Gasteiger charge is 2.40. The third kappa shape index (κ3) is 2.03. The zero-order chi connectivity index (χ0) is 12.6. The number of hydrogen-bond donors (Lipinski definition) is 1. The fourth-order valence-corrected chi connectivity index (χ4v) is 2.06. The fraction of sp³-hybridized carbons (Fsp3) is 0.455. The molecule has 0 spiro atoms. The topological polar surface area (TPSA) is 75.8 Å². The van der Waals surface area contributed by atoms with Crippen LogP contribution in [0.1, 0.15) is 6.92 Å². The maximum absolute atomic E-state index is 11.0. The molecule has 0 amide bonds. The summed E-state index contributed by atoms with van der Waals surface area (Å²) in [6, 6.07) is 4.92. The Kier molecular flexibility index (Phi) is 2.66. The minimum absolute atomic E-state index is 0.0505. The van der Waals surface area contributed by atoms with Gasteiger partial charge >= 0.3 is 5.69 Å². The zero-order valence-electron chi connectivity index (χ0n) is 9.71. The molecule has 0 unspecified atom stereocenters. The van der Waals surface area contributed by atoms with Crippen molar-refractivity contribution in [2.45, 2.75) is 12.5 Å². The minimum atomic E-state index is -0.767. The largest absolute Gasteiger partial charge is 0.490 e. The predicted molar refractivity (Wildman–Crippen MR) is 62.5 cm³/mol. The van der Waals surface area contributed by atoms with Crippen molar-refractivity contribution in [1.82, 2.24) is 0 Å². The first-order chi connectivity index (χ1) is 7.94. The van der Waals surface area contributed by atoms with Crippen molar-refractivity contribution in [3.05, 3.63) is 28.3 Å². The van der Waals surface area contributed by atoms with Gasteiger partial charge in [-0.25, -0.2) is 0 Å². The zero-order valence-corrected chi connectivity index (χ0v) is 9.71. The van der Waals surface area contributed by atoms with Crippen molar-refractivity contribution < 1.29 is 14.8 Å². The number of nitro benzene ring substituents is 1. The first-order valence-electron chi connectivity index (χ1n) is 5.23. The Labute approximate surface area is 98.6 Å². The Morgan fingerprint density at radius 3 is 2.65 bits per heavy atom. The van der Waals surface area contributed by atoms with Gasteiger partial charge in [0.2, 0.25) is 0 Å². The van der Waals surface area contributed by atoms with Crippen LogP contribution in [0.2, 0.25) is 0 Å². The number of methoxy groups -OCH3 is 1. The Morgan fingerprint density at radius 1 is 1.53 bits per heavy atom. The summed E-state index contributed by atoms with van der Waals surface area (Å²) in [6.45, 7) is 2.48. The summed E-state index contributed by atoms with van der Waals surface area (Å²) in [5, 5.41) is 20.7. The molecule has 0 atom stereocenters. The predicted octanol–water partition coefficient (Wildman–Crippen LogP) is 1.17. The summed E-state index contributed by atoms with van der Waals surface area (Å²) in [6.07, 6.45) is 0. The van der Waals surface area contributed by atoms with E-state index in [1.165, 1.54) is 7.11 Å². The summed E-state index contributed by atoms with van der Waals surface area (Å²) in [5.74, 6) is 0.235. The van der Waals surface area contributed by atoms with Crippen LogP contribution in [0.3, 0.4) is 0 Å². The second kappa shape index (κ2) is 3.89. The number of ether oxygens (including phenoxy) is 1. The SMILES string of the molecule is COc1cccc(N2CC(C)(O)C2)c1[N+](=O)[O-]. The van der Waals surface area contributed by atoms with Gasteiger partial charge in [0.25, 0.3) is 0 Å². The monoisotopic (exact) mass is 238 g/mol. The number of para-hydroxylation sites is 1. The summed E-state index contributed by atoms with van der Waals surface area (Å²) in [5.41, 5.74) is -0.330. The van der Waals surface area contributed by atoms with Crippen LogP contribution in [0.5, 0.6) is 5.75 Å². The second-order valence-electron chi connectivity index (χ2n) is 4.44. The Bertz CT molecular complexity index is 451. The van der Waals surface area contributed by atoms with E-state index in [1.54, 1.807) is 30.0 Å². The van der Waals surface area contributed by atoms with Crippen molar-refractivity contribution in [1.29, 1.82) is 0 Å². The van der Waals surface area contributed by atoms with Gasteiger partial charge in [0.05, 0.1) is 17.6 Å². The first kappa shape index (κ1) is 11.7. The molecule has 6 heteroatoms. The van der Waals surface area contributed by atoms with Crippen molar-refractivity contribution in [2.24, 2.45) is 0 Å². The number of hydrogen-bond acceptors (Lipinski definition) is 5. The summed E-state index contributed by atoms with van der Waals surface area (Å²) in [4.78, 5) is 12.4. The smallest absolute Gasteiger partial charge is 0.333 e. The molecule has 1 N–H and O–H groups in total. The Balaban J connectivity index is 2.37. The molecular formula is C11H14N2O4. The van der Waals surface area contributed by atoms with E-state index >= 15 is 0 Å². The number of β-amino-alcohol motifs (C(OH)–C–C–N with tert-alkyl or cyclic N) is 1. The average Bonchev–Trinajstić information content (AvgIpc) is 2.24. The third-order valence-corrected chi connectivity index (χ3v) is 2.78. The summed E-state index contributed by atoms with van der Waals surface area (Å²) in [7, 11) is 1.40. The van der Waals surface area contributed by atoms with E-state index in [0.717, 1.165) is 0 Å². The molecule has 0 saturated carbocycles. The molecule has 0 aromatic heterocycles. The molecular weight excluding hydrogens is 224 g/mol. The molecule has 92 valence electrons. The van der Waals surface area contributed by atoms with Crippen molar-refractivity contribution in [3.63, 3.8) is 0 Å². The van der Waals surface area contributed by atoms with Crippen LogP contribution in [-0.4, -0.2) is 35.8 Å². The second-order valence-corrected chi connectivity index (χ2v) is 4.44. The van der Waals surface area contributed by atoms with Crippen LogP contribution in [0.4, 0.5) is 11.4 Å². The van der Waals surface area contributed by atoms with Crippen LogP contribution in [0.25, 0.3) is 0 Å². The number of rotatable bonds is 3. The van der Waals surface area contributed by atoms with Gasteiger partial charge < -0.3 is 14.7 Å². The van der Waals surface area contributed by atoms with Gasteiger partial charge in [-0.1, -0.05) is 6.07 Å². The highest BCUT2D eigenvalue weighted by molar-refractivity contribution is 5.71. The van der Waals surface area contributed by atoms with Gasteiger partial charge in [0.1, 0.15) is 5.69 Å². The van der Waals surface area contributed by atoms with Gasteiger partial charge in [-0.3, -0.25) is 10.1 Å². The van der Waals surface area contributed by atoms with Gasteiger partial charge in [0.15, 0.2) is 5.75 Å². The molecule has 1 heterocycles. The summed E-state index contributed by atoms with van der Waals surface area (Å²) < 4.78 is 4.99. The van der Waals surface area contributed by atoms with Crippen LogP contribution in [0, 0.1) is 10.1 Å². The fourth-order valence-electron chi connectivity index (χ4n) is 2.06. The van der Waals surface area contributed by atoms with E-state index in [4.69, 9.17) is 4.74 Å². The highest BCUT2D eigenvalue weighted by atomic mass is 16.6. The lowest BCUT2D eigenvalue weighted by molar-refractivity contribution is -0.385.